The van der Waals surface area contributed by atoms with Gasteiger partial charge in [0.15, 0.2) is 0 Å². The van der Waals surface area contributed by atoms with Gasteiger partial charge in [0, 0.05) is 12.2 Å². The molecule has 0 spiro atoms. The Morgan fingerprint density at radius 2 is 1.95 bits per heavy atom. The Morgan fingerprint density at radius 1 is 1.21 bits per heavy atom. The fraction of sp³-hybridized carbons (Fsp3) is 0.706. The van der Waals surface area contributed by atoms with Crippen molar-refractivity contribution >= 4 is 5.82 Å². The van der Waals surface area contributed by atoms with Crippen molar-refractivity contribution in [2.24, 2.45) is 5.41 Å². The number of hydrogen-bond acceptors (Lipinski definition) is 2. The lowest BCUT2D eigenvalue weighted by Crippen LogP contribution is -2.39. The summed E-state index contributed by atoms with van der Waals surface area (Å²) in [5.41, 5.74) is 1.85. The highest BCUT2D eigenvalue weighted by atomic mass is 15.0. The van der Waals surface area contributed by atoms with Gasteiger partial charge in [0.1, 0.15) is 5.82 Å². The van der Waals surface area contributed by atoms with Crippen LogP contribution in [0.25, 0.3) is 0 Å². The van der Waals surface area contributed by atoms with Crippen LogP contribution in [0.3, 0.4) is 0 Å². The molecule has 1 aliphatic carbocycles. The summed E-state index contributed by atoms with van der Waals surface area (Å²) in [5, 5.41) is 3.64. The number of nitrogens with zero attached hydrogens (tertiary/aromatic N) is 1. The third kappa shape index (κ3) is 3.49. The first-order valence-electron chi connectivity index (χ1n) is 7.52. The molecule has 1 atom stereocenters. The summed E-state index contributed by atoms with van der Waals surface area (Å²) < 4.78 is 0. The van der Waals surface area contributed by atoms with Crippen molar-refractivity contribution in [3.8, 4) is 0 Å². The molecule has 1 N–H and O–H groups in total. The van der Waals surface area contributed by atoms with Gasteiger partial charge in [-0.1, -0.05) is 53.5 Å². The predicted molar refractivity (Wildman–Crippen MR) is 82.6 cm³/mol. The van der Waals surface area contributed by atoms with Crippen molar-refractivity contribution in [2.75, 3.05) is 5.32 Å². The second kappa shape index (κ2) is 5.15. The van der Waals surface area contributed by atoms with Crippen molar-refractivity contribution in [3.63, 3.8) is 0 Å². The van der Waals surface area contributed by atoms with E-state index in [1.54, 1.807) is 0 Å². The van der Waals surface area contributed by atoms with Crippen LogP contribution in [-0.4, -0.2) is 11.0 Å². The summed E-state index contributed by atoms with van der Waals surface area (Å²) in [6.45, 7) is 11.4. The third-order valence-electron chi connectivity index (χ3n) is 4.46. The van der Waals surface area contributed by atoms with E-state index in [1.165, 1.54) is 31.2 Å². The average Bonchev–Trinajstić information content (AvgIpc) is 2.31. The number of anilines is 1. The van der Waals surface area contributed by atoms with Crippen molar-refractivity contribution in [1.82, 2.24) is 4.98 Å². The molecule has 19 heavy (non-hydrogen) atoms. The zero-order valence-electron chi connectivity index (χ0n) is 13.1. The standard InChI is InChI=1S/C17H28N2/c1-16(2,3)13-9-10-15(18-12-13)19-14-8-6-7-11-17(14,4)5/h9-10,12,14H,6-8,11H2,1-5H3,(H,18,19). The summed E-state index contributed by atoms with van der Waals surface area (Å²) in [6, 6.07) is 4.88. The molecular weight excluding hydrogens is 232 g/mol. The van der Waals surface area contributed by atoms with Crippen molar-refractivity contribution in [2.45, 2.75) is 71.8 Å². The van der Waals surface area contributed by atoms with Crippen LogP contribution in [0, 0.1) is 5.41 Å². The lowest BCUT2D eigenvalue weighted by Gasteiger charge is -2.39. The highest BCUT2D eigenvalue weighted by molar-refractivity contribution is 5.38. The van der Waals surface area contributed by atoms with Gasteiger partial charge in [0.05, 0.1) is 0 Å². The van der Waals surface area contributed by atoms with Crippen LogP contribution in [0.5, 0.6) is 0 Å². The van der Waals surface area contributed by atoms with Gasteiger partial charge in [0.2, 0.25) is 0 Å². The van der Waals surface area contributed by atoms with E-state index in [0.717, 1.165) is 5.82 Å². The van der Waals surface area contributed by atoms with Crippen LogP contribution in [0.15, 0.2) is 18.3 Å². The molecule has 1 heterocycles. The number of rotatable bonds is 2. The third-order valence-corrected chi connectivity index (χ3v) is 4.46. The predicted octanol–water partition coefficient (Wildman–Crippen LogP) is 4.76. The molecule has 2 heteroatoms. The first kappa shape index (κ1) is 14.4. The van der Waals surface area contributed by atoms with Crippen molar-refractivity contribution < 1.29 is 0 Å². The molecule has 0 aromatic carbocycles. The Balaban J connectivity index is 2.07. The fourth-order valence-electron chi connectivity index (χ4n) is 2.86. The number of hydrogen-bond donors (Lipinski definition) is 1. The van der Waals surface area contributed by atoms with Gasteiger partial charge in [-0.25, -0.2) is 4.98 Å². The zero-order valence-corrected chi connectivity index (χ0v) is 13.1. The normalized spacial score (nSPS) is 23.1. The van der Waals surface area contributed by atoms with E-state index in [-0.39, 0.29) is 5.41 Å². The smallest absolute Gasteiger partial charge is 0.126 e. The fourth-order valence-corrected chi connectivity index (χ4v) is 2.86. The maximum absolute atomic E-state index is 4.59. The van der Waals surface area contributed by atoms with Gasteiger partial charge in [-0.15, -0.1) is 0 Å². The summed E-state index contributed by atoms with van der Waals surface area (Å²) in [5.74, 6) is 1.02. The van der Waals surface area contributed by atoms with Gasteiger partial charge in [0.25, 0.3) is 0 Å². The molecule has 1 fully saturated rings. The Morgan fingerprint density at radius 3 is 2.47 bits per heavy atom. The van der Waals surface area contributed by atoms with E-state index in [9.17, 15) is 0 Å². The molecular formula is C17H28N2. The van der Waals surface area contributed by atoms with Crippen LogP contribution >= 0.6 is 0 Å². The summed E-state index contributed by atoms with van der Waals surface area (Å²) in [6.07, 6.45) is 7.28. The molecule has 0 bridgehead atoms. The molecule has 0 radical (unpaired) electrons. The van der Waals surface area contributed by atoms with E-state index >= 15 is 0 Å². The second-order valence-electron chi connectivity index (χ2n) is 7.61. The molecule has 106 valence electrons. The van der Waals surface area contributed by atoms with Crippen LogP contribution in [0.2, 0.25) is 0 Å². The van der Waals surface area contributed by atoms with Crippen molar-refractivity contribution in [1.29, 1.82) is 0 Å². The molecule has 0 saturated heterocycles. The quantitative estimate of drug-likeness (QED) is 0.829. The maximum Gasteiger partial charge on any atom is 0.126 e. The first-order valence-corrected chi connectivity index (χ1v) is 7.52. The highest BCUT2D eigenvalue weighted by Gasteiger charge is 2.32. The molecule has 1 unspecified atom stereocenters. The molecule has 0 aliphatic heterocycles. The summed E-state index contributed by atoms with van der Waals surface area (Å²) in [7, 11) is 0. The minimum Gasteiger partial charge on any atom is -0.367 e. The Bertz CT molecular complexity index is 412. The van der Waals surface area contributed by atoms with E-state index in [0.29, 0.717) is 11.5 Å². The number of aromatic nitrogens is 1. The van der Waals surface area contributed by atoms with Gasteiger partial charge in [-0.05, 0) is 35.3 Å². The molecule has 0 amide bonds. The Hall–Kier alpha value is -1.05. The van der Waals surface area contributed by atoms with Gasteiger partial charge < -0.3 is 5.32 Å². The molecule has 1 saturated carbocycles. The lowest BCUT2D eigenvalue weighted by molar-refractivity contribution is 0.216. The Kier molecular flexibility index (Phi) is 3.89. The second-order valence-corrected chi connectivity index (χ2v) is 7.61. The molecule has 2 rings (SSSR count). The molecule has 1 aliphatic rings. The monoisotopic (exact) mass is 260 g/mol. The van der Waals surface area contributed by atoms with Crippen LogP contribution in [-0.2, 0) is 5.41 Å². The Labute approximate surface area is 118 Å². The van der Waals surface area contributed by atoms with E-state index in [4.69, 9.17) is 0 Å². The topological polar surface area (TPSA) is 24.9 Å². The minimum atomic E-state index is 0.176. The zero-order chi connectivity index (χ0) is 14.1. The van der Waals surface area contributed by atoms with Gasteiger partial charge in [-0.2, -0.15) is 0 Å². The SMILES string of the molecule is CC(C)(C)c1ccc(NC2CCCCC2(C)C)nc1. The van der Waals surface area contributed by atoms with Gasteiger partial charge >= 0.3 is 0 Å². The maximum atomic E-state index is 4.59. The van der Waals surface area contributed by atoms with E-state index in [2.05, 4.69) is 57.1 Å². The summed E-state index contributed by atoms with van der Waals surface area (Å²) >= 11 is 0. The largest absolute Gasteiger partial charge is 0.367 e. The average molecular weight is 260 g/mol. The van der Waals surface area contributed by atoms with E-state index < -0.39 is 0 Å². The first-order chi connectivity index (χ1) is 8.79. The van der Waals surface area contributed by atoms with Crippen LogP contribution in [0.1, 0.15) is 65.9 Å². The molecule has 2 nitrogen and oxygen atoms in total. The van der Waals surface area contributed by atoms with Crippen LogP contribution in [0.4, 0.5) is 5.82 Å². The molecule has 1 aromatic heterocycles. The lowest BCUT2D eigenvalue weighted by atomic mass is 9.73. The van der Waals surface area contributed by atoms with Crippen LogP contribution < -0.4 is 5.32 Å². The van der Waals surface area contributed by atoms with E-state index in [1.807, 2.05) is 6.20 Å². The van der Waals surface area contributed by atoms with Crippen molar-refractivity contribution in [3.05, 3.63) is 23.9 Å². The summed E-state index contributed by atoms with van der Waals surface area (Å²) in [4.78, 5) is 4.59. The number of pyridine rings is 1. The minimum absolute atomic E-state index is 0.176. The van der Waals surface area contributed by atoms with Gasteiger partial charge in [-0.3, -0.25) is 0 Å². The highest BCUT2D eigenvalue weighted by Crippen LogP contribution is 2.37. The number of nitrogens with one attached hydrogen (secondary N) is 1. The molecule has 1 aromatic rings.